The fourth-order valence-corrected chi connectivity index (χ4v) is 7.02. The molecular formula is C46H51BrO7. The summed E-state index contributed by atoms with van der Waals surface area (Å²) in [6, 6.07) is 46.1. The van der Waals surface area contributed by atoms with Crippen molar-refractivity contribution in [2.75, 3.05) is 13.7 Å². The highest BCUT2D eigenvalue weighted by Crippen LogP contribution is 2.35. The largest absolute Gasteiger partial charge is 0.455 e. The summed E-state index contributed by atoms with van der Waals surface area (Å²) in [6.07, 6.45) is -3.69. The number of aryl methyl sites for hydroxylation is 1. The zero-order valence-electron chi connectivity index (χ0n) is 31.5. The van der Waals surface area contributed by atoms with E-state index in [1.165, 1.54) is 6.92 Å². The number of esters is 1. The van der Waals surface area contributed by atoms with E-state index in [0.29, 0.717) is 19.8 Å². The quantitative estimate of drug-likeness (QED) is 0.0685. The van der Waals surface area contributed by atoms with Crippen molar-refractivity contribution >= 4 is 21.9 Å². The van der Waals surface area contributed by atoms with E-state index in [0.717, 1.165) is 37.9 Å². The van der Waals surface area contributed by atoms with Gasteiger partial charge in [0.2, 0.25) is 0 Å². The molecule has 0 bridgehead atoms. The molecule has 0 heterocycles. The average Bonchev–Trinajstić information content (AvgIpc) is 3.19. The molecule has 5 aromatic rings. The molecule has 0 fully saturated rings. The fraction of sp³-hybridized carbons (Fsp3) is 0.326. The van der Waals surface area contributed by atoms with Gasteiger partial charge in [0.05, 0.1) is 39.1 Å². The van der Waals surface area contributed by atoms with Crippen LogP contribution in [-0.2, 0) is 59.6 Å². The van der Waals surface area contributed by atoms with Crippen molar-refractivity contribution < 1.29 is 33.2 Å². The van der Waals surface area contributed by atoms with E-state index in [1.54, 1.807) is 7.11 Å². The summed E-state index contributed by atoms with van der Waals surface area (Å²) in [7, 11) is 1.62. The molecule has 8 heteroatoms. The first-order chi connectivity index (χ1) is 26.3. The maximum absolute atomic E-state index is 12.8. The predicted molar refractivity (Wildman–Crippen MR) is 215 cm³/mol. The van der Waals surface area contributed by atoms with Gasteiger partial charge in [0, 0.05) is 24.4 Å². The van der Waals surface area contributed by atoms with Crippen LogP contribution in [0.1, 0.15) is 53.3 Å². The van der Waals surface area contributed by atoms with Gasteiger partial charge in [-0.2, -0.15) is 0 Å². The zero-order chi connectivity index (χ0) is 38.1. The van der Waals surface area contributed by atoms with Crippen LogP contribution in [0.5, 0.6) is 0 Å². The van der Waals surface area contributed by atoms with Crippen molar-refractivity contribution in [2.45, 2.75) is 77.7 Å². The lowest BCUT2D eigenvalue weighted by Gasteiger charge is -2.41. The van der Waals surface area contributed by atoms with Crippen molar-refractivity contribution in [2.24, 2.45) is 5.92 Å². The first-order valence-corrected chi connectivity index (χ1v) is 19.2. The molecule has 54 heavy (non-hydrogen) atoms. The molecule has 0 aliphatic carbocycles. The van der Waals surface area contributed by atoms with Crippen molar-refractivity contribution in [3.63, 3.8) is 0 Å². The minimum atomic E-state index is -0.830. The van der Waals surface area contributed by atoms with Crippen LogP contribution in [0, 0.1) is 12.8 Å². The monoisotopic (exact) mass is 794 g/mol. The number of methoxy groups -OCH3 is 1. The second-order valence-corrected chi connectivity index (χ2v) is 14.4. The van der Waals surface area contributed by atoms with Gasteiger partial charge in [-0.05, 0) is 52.4 Å². The SMILES string of the molecule is COC(C(OCc1ccccc1)C(OCc1ccccc1)C(OCc1ccccc1)C(C)COCc1ccccc1)[C@H](OC(C)=O)c1ccc(Br)cc1C. The van der Waals surface area contributed by atoms with Gasteiger partial charge in [-0.1, -0.05) is 150 Å². The van der Waals surface area contributed by atoms with E-state index in [1.807, 2.05) is 134 Å². The van der Waals surface area contributed by atoms with E-state index in [-0.39, 0.29) is 19.1 Å². The molecule has 0 radical (unpaired) electrons. The Bertz CT molecular complexity index is 1810. The predicted octanol–water partition coefficient (Wildman–Crippen LogP) is 9.99. The van der Waals surface area contributed by atoms with E-state index < -0.39 is 36.5 Å². The summed E-state index contributed by atoms with van der Waals surface area (Å²) in [5.41, 5.74) is 5.81. The lowest BCUT2D eigenvalue weighted by atomic mass is 9.88. The maximum atomic E-state index is 12.8. The Morgan fingerprint density at radius 1 is 0.593 bits per heavy atom. The smallest absolute Gasteiger partial charge is 0.303 e. The van der Waals surface area contributed by atoms with Gasteiger partial charge in [0.15, 0.2) is 6.10 Å². The second-order valence-electron chi connectivity index (χ2n) is 13.5. The molecule has 0 N–H and O–H groups in total. The van der Waals surface area contributed by atoms with Crippen molar-refractivity contribution in [3.8, 4) is 0 Å². The van der Waals surface area contributed by atoms with E-state index in [2.05, 4.69) is 35.0 Å². The normalized spacial score (nSPS) is 14.8. The molecule has 0 aliphatic heterocycles. The third kappa shape index (κ3) is 12.4. The molecule has 5 unspecified atom stereocenters. The Morgan fingerprint density at radius 2 is 1.02 bits per heavy atom. The van der Waals surface area contributed by atoms with Gasteiger partial charge in [-0.3, -0.25) is 4.79 Å². The summed E-state index contributed by atoms with van der Waals surface area (Å²) in [5.74, 6) is -0.604. The summed E-state index contributed by atoms with van der Waals surface area (Å²) < 4.78 is 40.7. The minimum Gasteiger partial charge on any atom is -0.455 e. The third-order valence-corrected chi connectivity index (χ3v) is 9.78. The lowest BCUT2D eigenvalue weighted by Crippen LogP contribution is -2.53. The standard InChI is InChI=1S/C46H51BrO7/c1-33-27-40(47)25-26-41(33)43(54-35(3)48)44(49-4)46(53-32-39-23-15-8-16-24-39)45(52-31-38-21-13-7-14-22-38)42(51-30-37-19-11-6-12-20-37)34(2)28-50-29-36-17-9-5-10-18-36/h5-27,34,42-46H,28-32H2,1-4H3/t34?,42?,43-,44?,45?,46?/m1/s1. The van der Waals surface area contributed by atoms with Crippen LogP contribution in [-0.4, -0.2) is 44.1 Å². The number of carbonyl (C=O) groups excluding carboxylic acids is 1. The van der Waals surface area contributed by atoms with Gasteiger partial charge in [0.1, 0.15) is 18.3 Å². The summed E-state index contributed by atoms with van der Waals surface area (Å²) >= 11 is 3.59. The van der Waals surface area contributed by atoms with Gasteiger partial charge in [-0.15, -0.1) is 0 Å². The molecule has 0 spiro atoms. The number of hydrogen-bond donors (Lipinski definition) is 0. The molecule has 284 valence electrons. The van der Waals surface area contributed by atoms with E-state index in [4.69, 9.17) is 28.4 Å². The Morgan fingerprint density at radius 3 is 1.44 bits per heavy atom. The molecule has 5 rings (SSSR count). The van der Waals surface area contributed by atoms with Crippen molar-refractivity contribution in [1.82, 2.24) is 0 Å². The van der Waals surface area contributed by atoms with Crippen LogP contribution in [0.3, 0.4) is 0 Å². The van der Waals surface area contributed by atoms with Gasteiger partial charge < -0.3 is 28.4 Å². The zero-order valence-corrected chi connectivity index (χ0v) is 33.1. The minimum absolute atomic E-state index is 0.167. The number of halogens is 1. The summed E-state index contributed by atoms with van der Waals surface area (Å²) in [6.45, 7) is 7.23. The molecule has 0 saturated heterocycles. The summed E-state index contributed by atoms with van der Waals surface area (Å²) in [5, 5.41) is 0. The Kier molecular flexibility index (Phi) is 16.5. The van der Waals surface area contributed by atoms with Crippen LogP contribution in [0.4, 0.5) is 0 Å². The highest BCUT2D eigenvalue weighted by atomic mass is 79.9. The number of ether oxygens (including phenoxy) is 6. The molecule has 0 amide bonds. The third-order valence-electron chi connectivity index (χ3n) is 9.28. The average molecular weight is 796 g/mol. The topological polar surface area (TPSA) is 72.5 Å². The van der Waals surface area contributed by atoms with Crippen LogP contribution >= 0.6 is 15.9 Å². The first-order valence-electron chi connectivity index (χ1n) is 18.4. The lowest BCUT2D eigenvalue weighted by molar-refractivity contribution is -0.216. The Hall–Kier alpha value is -4.15. The Labute approximate surface area is 328 Å². The highest BCUT2D eigenvalue weighted by molar-refractivity contribution is 9.10. The van der Waals surface area contributed by atoms with Crippen molar-refractivity contribution in [3.05, 3.63) is 177 Å². The molecular weight excluding hydrogens is 744 g/mol. The number of hydrogen-bond acceptors (Lipinski definition) is 7. The van der Waals surface area contributed by atoms with Crippen LogP contribution in [0.15, 0.2) is 144 Å². The van der Waals surface area contributed by atoms with Crippen LogP contribution in [0.2, 0.25) is 0 Å². The highest BCUT2D eigenvalue weighted by Gasteiger charge is 2.45. The fourth-order valence-electron chi connectivity index (χ4n) is 6.54. The maximum Gasteiger partial charge on any atom is 0.303 e. The number of benzene rings is 5. The second kappa shape index (κ2) is 21.7. The van der Waals surface area contributed by atoms with E-state index >= 15 is 0 Å². The van der Waals surface area contributed by atoms with Crippen LogP contribution < -0.4 is 0 Å². The van der Waals surface area contributed by atoms with Gasteiger partial charge in [0.25, 0.3) is 0 Å². The van der Waals surface area contributed by atoms with Crippen LogP contribution in [0.25, 0.3) is 0 Å². The van der Waals surface area contributed by atoms with Gasteiger partial charge in [-0.25, -0.2) is 0 Å². The molecule has 6 atom stereocenters. The number of carbonyl (C=O) groups is 1. The van der Waals surface area contributed by atoms with Gasteiger partial charge >= 0.3 is 5.97 Å². The van der Waals surface area contributed by atoms with E-state index in [9.17, 15) is 4.79 Å². The Balaban J connectivity index is 1.59. The molecule has 5 aromatic carbocycles. The molecule has 7 nitrogen and oxygen atoms in total. The molecule has 0 aliphatic rings. The van der Waals surface area contributed by atoms with Crippen molar-refractivity contribution in [1.29, 1.82) is 0 Å². The first kappa shape index (κ1) is 41.0. The number of rotatable bonds is 21. The molecule has 0 aromatic heterocycles. The molecule has 0 saturated carbocycles. The summed E-state index contributed by atoms with van der Waals surface area (Å²) in [4.78, 5) is 12.8.